The Morgan fingerprint density at radius 1 is 1.07 bits per heavy atom. The summed E-state index contributed by atoms with van der Waals surface area (Å²) in [6.45, 7) is 1.37. The molecule has 0 radical (unpaired) electrons. The van der Waals surface area contributed by atoms with E-state index < -0.39 is 18.5 Å². The number of aromatic nitrogens is 2. The van der Waals surface area contributed by atoms with Crippen molar-refractivity contribution < 1.29 is 23.8 Å². The van der Waals surface area contributed by atoms with Gasteiger partial charge in [0, 0.05) is 18.0 Å². The number of carbonyl (C=O) groups is 2. The van der Waals surface area contributed by atoms with Crippen molar-refractivity contribution >= 4 is 11.9 Å². The number of ether oxygens (including phenoxy) is 3. The van der Waals surface area contributed by atoms with Crippen molar-refractivity contribution in [2.24, 2.45) is 0 Å². The van der Waals surface area contributed by atoms with Crippen LogP contribution in [0.5, 0.6) is 17.4 Å². The molecule has 1 N–H and O–H groups in total. The summed E-state index contributed by atoms with van der Waals surface area (Å²) in [5.74, 6) is -0.00997. The number of carbonyl (C=O) groups excluding carboxylic acids is 2. The maximum Gasteiger partial charge on any atom is 0.344 e. The number of benzene rings is 1. The molecule has 1 unspecified atom stereocenters. The Hall–Kier alpha value is -3.94. The first-order valence-corrected chi connectivity index (χ1v) is 9.20. The first-order chi connectivity index (χ1) is 14.6. The summed E-state index contributed by atoms with van der Waals surface area (Å²) in [6, 6.07) is 13.5. The van der Waals surface area contributed by atoms with Crippen LogP contribution < -0.4 is 14.8 Å². The summed E-state index contributed by atoms with van der Waals surface area (Å²) < 4.78 is 16.0. The van der Waals surface area contributed by atoms with Crippen molar-refractivity contribution in [1.82, 2.24) is 15.3 Å². The number of nitrogens with zero attached hydrogens (tertiary/aromatic N) is 2. The molecule has 8 nitrogen and oxygen atoms in total. The Bertz CT molecular complexity index is 1010. The van der Waals surface area contributed by atoms with Crippen molar-refractivity contribution in [3.8, 4) is 17.4 Å². The first-order valence-electron chi connectivity index (χ1n) is 9.20. The van der Waals surface area contributed by atoms with E-state index in [1.54, 1.807) is 31.5 Å². The number of pyridine rings is 2. The van der Waals surface area contributed by atoms with Gasteiger partial charge in [0.2, 0.25) is 5.88 Å². The van der Waals surface area contributed by atoms with Crippen molar-refractivity contribution in [3.63, 3.8) is 0 Å². The number of methoxy groups -OCH3 is 1. The molecule has 8 heteroatoms. The highest BCUT2D eigenvalue weighted by molar-refractivity contribution is 5.93. The summed E-state index contributed by atoms with van der Waals surface area (Å²) in [6.07, 6.45) is 4.59. The monoisotopic (exact) mass is 407 g/mol. The third kappa shape index (κ3) is 5.32. The SMILES string of the molecule is COc1ccccc1C(C)NC(=O)COC(=O)c1cccnc1Oc1cccnc1. The minimum Gasteiger partial charge on any atom is -0.496 e. The molecule has 3 aromatic rings. The van der Waals surface area contributed by atoms with Gasteiger partial charge < -0.3 is 19.5 Å². The predicted octanol–water partition coefficient (Wildman–Crippen LogP) is 3.31. The maximum atomic E-state index is 12.5. The molecule has 1 amide bonds. The molecule has 0 saturated heterocycles. The van der Waals surface area contributed by atoms with Gasteiger partial charge in [-0.15, -0.1) is 0 Å². The summed E-state index contributed by atoms with van der Waals surface area (Å²) >= 11 is 0. The van der Waals surface area contributed by atoms with Gasteiger partial charge in [-0.1, -0.05) is 18.2 Å². The average molecular weight is 407 g/mol. The van der Waals surface area contributed by atoms with Crippen LogP contribution in [0.25, 0.3) is 0 Å². The Morgan fingerprint density at radius 3 is 2.63 bits per heavy atom. The third-order valence-electron chi connectivity index (χ3n) is 4.16. The molecular formula is C22H21N3O5. The van der Waals surface area contributed by atoms with E-state index in [0.717, 1.165) is 5.56 Å². The molecule has 0 bridgehead atoms. The lowest BCUT2D eigenvalue weighted by Gasteiger charge is -2.17. The van der Waals surface area contributed by atoms with E-state index in [2.05, 4.69) is 15.3 Å². The van der Waals surface area contributed by atoms with Crippen LogP contribution in [0.3, 0.4) is 0 Å². The topological polar surface area (TPSA) is 99.6 Å². The van der Waals surface area contributed by atoms with Gasteiger partial charge in [0.1, 0.15) is 17.1 Å². The van der Waals surface area contributed by atoms with Gasteiger partial charge in [-0.25, -0.2) is 9.78 Å². The minimum atomic E-state index is -0.720. The Labute approximate surface area is 173 Å². The highest BCUT2D eigenvalue weighted by Crippen LogP contribution is 2.24. The van der Waals surface area contributed by atoms with Crippen LogP contribution in [0, 0.1) is 0 Å². The summed E-state index contributed by atoms with van der Waals surface area (Å²) in [5, 5.41) is 2.78. The molecule has 3 rings (SSSR count). The lowest BCUT2D eigenvalue weighted by molar-refractivity contribution is -0.124. The van der Waals surface area contributed by atoms with Crippen LogP contribution in [0.1, 0.15) is 28.9 Å². The van der Waals surface area contributed by atoms with Gasteiger partial charge in [0.15, 0.2) is 6.61 Å². The lowest BCUT2D eigenvalue weighted by Crippen LogP contribution is -2.31. The molecule has 0 aliphatic rings. The molecule has 0 saturated carbocycles. The van der Waals surface area contributed by atoms with Gasteiger partial charge in [0.25, 0.3) is 5.91 Å². The molecule has 1 aromatic carbocycles. The van der Waals surface area contributed by atoms with Crippen molar-refractivity contribution in [3.05, 3.63) is 78.2 Å². The highest BCUT2D eigenvalue weighted by Gasteiger charge is 2.19. The third-order valence-corrected chi connectivity index (χ3v) is 4.16. The van der Waals surface area contributed by atoms with E-state index in [0.29, 0.717) is 11.5 Å². The minimum absolute atomic E-state index is 0.0679. The Balaban J connectivity index is 1.60. The normalized spacial score (nSPS) is 11.3. The van der Waals surface area contributed by atoms with Crippen LogP contribution in [0.4, 0.5) is 0 Å². The maximum absolute atomic E-state index is 12.5. The average Bonchev–Trinajstić information content (AvgIpc) is 2.78. The molecule has 0 aliphatic carbocycles. The number of hydrogen-bond donors (Lipinski definition) is 1. The molecule has 2 aromatic heterocycles. The van der Waals surface area contributed by atoms with Gasteiger partial charge >= 0.3 is 5.97 Å². The van der Waals surface area contributed by atoms with E-state index in [1.807, 2.05) is 31.2 Å². The highest BCUT2D eigenvalue weighted by atomic mass is 16.5. The number of rotatable bonds is 8. The zero-order valence-electron chi connectivity index (χ0n) is 16.6. The zero-order valence-corrected chi connectivity index (χ0v) is 16.6. The van der Waals surface area contributed by atoms with E-state index in [9.17, 15) is 9.59 Å². The Kier molecular flexibility index (Phi) is 6.94. The predicted molar refractivity (Wildman–Crippen MR) is 108 cm³/mol. The molecule has 0 fully saturated rings. The summed E-state index contributed by atoms with van der Waals surface area (Å²) in [4.78, 5) is 32.7. The van der Waals surface area contributed by atoms with Gasteiger partial charge in [0.05, 0.1) is 19.3 Å². The smallest absolute Gasteiger partial charge is 0.344 e. The quantitative estimate of drug-likeness (QED) is 0.572. The molecule has 154 valence electrons. The van der Waals surface area contributed by atoms with Crippen LogP contribution in [0.15, 0.2) is 67.1 Å². The molecule has 1 atom stereocenters. The molecule has 0 spiro atoms. The van der Waals surface area contributed by atoms with Crippen LogP contribution in [-0.2, 0) is 9.53 Å². The second kappa shape index (κ2) is 10.0. The largest absolute Gasteiger partial charge is 0.496 e. The number of esters is 1. The van der Waals surface area contributed by atoms with Crippen LogP contribution in [0.2, 0.25) is 0 Å². The zero-order chi connectivity index (χ0) is 21.3. The fraction of sp³-hybridized carbons (Fsp3) is 0.182. The second-order valence-electron chi connectivity index (χ2n) is 6.25. The first kappa shape index (κ1) is 20.8. The fourth-order valence-electron chi connectivity index (χ4n) is 2.74. The van der Waals surface area contributed by atoms with E-state index >= 15 is 0 Å². The van der Waals surface area contributed by atoms with Crippen molar-refractivity contribution in [2.75, 3.05) is 13.7 Å². The lowest BCUT2D eigenvalue weighted by atomic mass is 10.1. The van der Waals surface area contributed by atoms with E-state index in [4.69, 9.17) is 14.2 Å². The van der Waals surface area contributed by atoms with E-state index in [-0.39, 0.29) is 17.5 Å². The Morgan fingerprint density at radius 2 is 1.87 bits per heavy atom. The number of nitrogens with one attached hydrogen (secondary N) is 1. The number of amides is 1. The summed E-state index contributed by atoms with van der Waals surface area (Å²) in [5.41, 5.74) is 0.922. The fourth-order valence-corrected chi connectivity index (χ4v) is 2.74. The molecule has 30 heavy (non-hydrogen) atoms. The molecular weight excluding hydrogens is 386 g/mol. The van der Waals surface area contributed by atoms with Crippen molar-refractivity contribution in [1.29, 1.82) is 0 Å². The van der Waals surface area contributed by atoms with Gasteiger partial charge in [-0.2, -0.15) is 0 Å². The van der Waals surface area contributed by atoms with Gasteiger partial charge in [-0.3, -0.25) is 9.78 Å². The second-order valence-corrected chi connectivity index (χ2v) is 6.25. The van der Waals surface area contributed by atoms with E-state index in [1.165, 1.54) is 18.5 Å². The number of hydrogen-bond acceptors (Lipinski definition) is 7. The molecule has 2 heterocycles. The summed E-state index contributed by atoms with van der Waals surface area (Å²) in [7, 11) is 1.56. The molecule has 0 aliphatic heterocycles. The van der Waals surface area contributed by atoms with Crippen molar-refractivity contribution in [2.45, 2.75) is 13.0 Å². The standard InChI is InChI=1S/C22H21N3O5/c1-15(17-8-3-4-10-19(17)28-2)25-20(26)14-29-22(27)18-9-6-12-24-21(18)30-16-7-5-11-23-13-16/h3-13,15H,14H2,1-2H3,(H,25,26). The van der Waals surface area contributed by atoms with Crippen LogP contribution in [-0.4, -0.2) is 35.6 Å². The van der Waals surface area contributed by atoms with Gasteiger partial charge in [-0.05, 0) is 37.3 Å². The number of para-hydroxylation sites is 1. The van der Waals surface area contributed by atoms with Crippen LogP contribution >= 0.6 is 0 Å².